The topological polar surface area (TPSA) is 41.6 Å². The Kier molecular flexibility index (Phi) is 6.12. The SMILES string of the molecule is Cc1cccc(C)c1OCC(=O)N1CCNCC1.Cl. The second kappa shape index (κ2) is 7.36. The number of hydrogen-bond donors (Lipinski definition) is 1. The molecular formula is C14H21ClN2O2. The maximum atomic E-state index is 12.0. The molecule has 0 spiro atoms. The number of nitrogens with one attached hydrogen (secondary N) is 1. The van der Waals surface area contributed by atoms with E-state index in [1.54, 1.807) is 0 Å². The van der Waals surface area contributed by atoms with Crippen LogP contribution >= 0.6 is 12.4 Å². The van der Waals surface area contributed by atoms with Crippen molar-refractivity contribution in [2.75, 3.05) is 32.8 Å². The Morgan fingerprint density at radius 3 is 2.42 bits per heavy atom. The average Bonchev–Trinajstić information content (AvgIpc) is 2.39. The van der Waals surface area contributed by atoms with Crippen LogP contribution in [-0.4, -0.2) is 43.6 Å². The molecule has 1 aromatic rings. The molecule has 0 unspecified atom stereocenters. The molecule has 0 atom stereocenters. The van der Waals surface area contributed by atoms with E-state index in [-0.39, 0.29) is 24.9 Å². The molecule has 0 aromatic heterocycles. The average molecular weight is 285 g/mol. The summed E-state index contributed by atoms with van der Waals surface area (Å²) in [7, 11) is 0. The Hall–Kier alpha value is -1.26. The summed E-state index contributed by atoms with van der Waals surface area (Å²) in [5.74, 6) is 0.903. The van der Waals surface area contributed by atoms with Crippen LogP contribution in [0.2, 0.25) is 0 Å². The lowest BCUT2D eigenvalue weighted by Gasteiger charge is -2.27. The van der Waals surface area contributed by atoms with E-state index in [1.807, 2.05) is 36.9 Å². The Balaban J connectivity index is 0.00000180. The van der Waals surface area contributed by atoms with Crippen molar-refractivity contribution >= 4 is 18.3 Å². The number of hydrogen-bond acceptors (Lipinski definition) is 3. The van der Waals surface area contributed by atoms with E-state index in [0.29, 0.717) is 0 Å². The number of carbonyl (C=O) groups excluding carboxylic acids is 1. The Morgan fingerprint density at radius 1 is 1.26 bits per heavy atom. The molecule has 5 heteroatoms. The lowest BCUT2D eigenvalue weighted by molar-refractivity contribution is -0.133. The van der Waals surface area contributed by atoms with Gasteiger partial charge in [0, 0.05) is 26.2 Å². The fourth-order valence-corrected chi connectivity index (χ4v) is 2.17. The third-order valence-corrected chi connectivity index (χ3v) is 3.22. The quantitative estimate of drug-likeness (QED) is 0.915. The standard InChI is InChI=1S/C14H20N2O2.ClH/c1-11-4-3-5-12(2)14(11)18-10-13(17)16-8-6-15-7-9-16;/h3-5,15H,6-10H2,1-2H3;1H. The molecule has 1 amide bonds. The second-order valence-corrected chi connectivity index (χ2v) is 4.64. The largest absolute Gasteiger partial charge is 0.483 e. The van der Waals surface area contributed by atoms with E-state index in [9.17, 15) is 4.79 Å². The number of halogens is 1. The maximum absolute atomic E-state index is 12.0. The minimum absolute atomic E-state index is 0. The predicted molar refractivity (Wildman–Crippen MR) is 78.1 cm³/mol. The van der Waals surface area contributed by atoms with Gasteiger partial charge in [0.15, 0.2) is 6.61 Å². The van der Waals surface area contributed by atoms with Crippen LogP contribution in [0.5, 0.6) is 5.75 Å². The number of piperazine rings is 1. The summed E-state index contributed by atoms with van der Waals surface area (Å²) < 4.78 is 5.67. The third-order valence-electron chi connectivity index (χ3n) is 3.22. The van der Waals surface area contributed by atoms with Crippen LogP contribution in [-0.2, 0) is 4.79 Å². The molecule has 4 nitrogen and oxygen atoms in total. The van der Waals surface area contributed by atoms with Gasteiger partial charge in [0.1, 0.15) is 5.75 Å². The van der Waals surface area contributed by atoms with Gasteiger partial charge in [-0.25, -0.2) is 0 Å². The van der Waals surface area contributed by atoms with Crippen LogP contribution in [0.3, 0.4) is 0 Å². The second-order valence-electron chi connectivity index (χ2n) is 4.64. The molecule has 1 aromatic carbocycles. The van der Waals surface area contributed by atoms with Gasteiger partial charge in [0.05, 0.1) is 0 Å². The molecule has 1 aliphatic rings. The number of amides is 1. The zero-order valence-corrected chi connectivity index (χ0v) is 12.3. The first-order valence-corrected chi connectivity index (χ1v) is 6.36. The summed E-state index contributed by atoms with van der Waals surface area (Å²) in [6.07, 6.45) is 0. The fourth-order valence-electron chi connectivity index (χ4n) is 2.17. The van der Waals surface area contributed by atoms with E-state index in [2.05, 4.69) is 5.32 Å². The van der Waals surface area contributed by atoms with Crippen molar-refractivity contribution in [2.45, 2.75) is 13.8 Å². The minimum atomic E-state index is 0. The predicted octanol–water partition coefficient (Wildman–Crippen LogP) is 1.54. The van der Waals surface area contributed by atoms with Gasteiger partial charge >= 0.3 is 0 Å². The van der Waals surface area contributed by atoms with Gasteiger partial charge in [0.25, 0.3) is 5.91 Å². The number of para-hydroxylation sites is 1. The summed E-state index contributed by atoms with van der Waals surface area (Å²) in [5, 5.41) is 3.23. The van der Waals surface area contributed by atoms with Gasteiger partial charge in [-0.3, -0.25) is 4.79 Å². The molecule has 1 heterocycles. The summed E-state index contributed by atoms with van der Waals surface area (Å²) in [5.41, 5.74) is 2.14. The first-order chi connectivity index (χ1) is 8.68. The van der Waals surface area contributed by atoms with E-state index in [4.69, 9.17) is 4.74 Å². The van der Waals surface area contributed by atoms with Crippen molar-refractivity contribution in [3.63, 3.8) is 0 Å². The highest BCUT2D eigenvalue weighted by Gasteiger charge is 2.17. The van der Waals surface area contributed by atoms with Gasteiger partial charge < -0.3 is 15.0 Å². The molecule has 1 saturated heterocycles. The number of carbonyl (C=O) groups is 1. The normalized spacial score (nSPS) is 14.7. The number of aryl methyl sites for hydroxylation is 2. The molecule has 0 saturated carbocycles. The van der Waals surface area contributed by atoms with Gasteiger partial charge in [-0.1, -0.05) is 18.2 Å². The van der Waals surface area contributed by atoms with Gasteiger partial charge in [-0.15, -0.1) is 12.4 Å². The first-order valence-electron chi connectivity index (χ1n) is 6.36. The van der Waals surface area contributed by atoms with Crippen molar-refractivity contribution in [1.29, 1.82) is 0 Å². The summed E-state index contributed by atoms with van der Waals surface area (Å²) in [4.78, 5) is 13.8. The fraction of sp³-hybridized carbons (Fsp3) is 0.500. The Labute approximate surface area is 120 Å². The molecule has 0 radical (unpaired) electrons. The summed E-state index contributed by atoms with van der Waals surface area (Å²) >= 11 is 0. The molecule has 2 rings (SSSR count). The van der Waals surface area contributed by atoms with Gasteiger partial charge in [-0.05, 0) is 25.0 Å². The Morgan fingerprint density at radius 2 is 1.84 bits per heavy atom. The highest BCUT2D eigenvalue weighted by atomic mass is 35.5. The molecule has 1 aliphatic heterocycles. The number of nitrogens with zero attached hydrogens (tertiary/aromatic N) is 1. The highest BCUT2D eigenvalue weighted by Crippen LogP contribution is 2.22. The number of benzene rings is 1. The van der Waals surface area contributed by atoms with E-state index in [1.165, 1.54) is 0 Å². The third kappa shape index (κ3) is 4.11. The van der Waals surface area contributed by atoms with Crippen LogP contribution < -0.4 is 10.1 Å². The van der Waals surface area contributed by atoms with E-state index in [0.717, 1.165) is 43.1 Å². The van der Waals surface area contributed by atoms with Crippen LogP contribution in [0.25, 0.3) is 0 Å². The van der Waals surface area contributed by atoms with Crippen molar-refractivity contribution in [2.24, 2.45) is 0 Å². The molecule has 0 aliphatic carbocycles. The number of ether oxygens (including phenoxy) is 1. The zero-order valence-electron chi connectivity index (χ0n) is 11.4. The lowest BCUT2D eigenvalue weighted by atomic mass is 10.1. The van der Waals surface area contributed by atoms with Crippen LogP contribution in [0, 0.1) is 13.8 Å². The highest BCUT2D eigenvalue weighted by molar-refractivity contribution is 5.85. The van der Waals surface area contributed by atoms with Gasteiger partial charge in [-0.2, -0.15) is 0 Å². The van der Waals surface area contributed by atoms with Crippen molar-refractivity contribution in [3.8, 4) is 5.75 Å². The van der Waals surface area contributed by atoms with E-state index < -0.39 is 0 Å². The van der Waals surface area contributed by atoms with Crippen molar-refractivity contribution in [1.82, 2.24) is 10.2 Å². The maximum Gasteiger partial charge on any atom is 0.260 e. The van der Waals surface area contributed by atoms with Crippen LogP contribution in [0.4, 0.5) is 0 Å². The summed E-state index contributed by atoms with van der Waals surface area (Å²) in [6, 6.07) is 5.99. The van der Waals surface area contributed by atoms with Crippen molar-refractivity contribution < 1.29 is 9.53 Å². The zero-order chi connectivity index (χ0) is 13.0. The van der Waals surface area contributed by atoms with Crippen LogP contribution in [0.15, 0.2) is 18.2 Å². The lowest BCUT2D eigenvalue weighted by Crippen LogP contribution is -2.48. The minimum Gasteiger partial charge on any atom is -0.483 e. The van der Waals surface area contributed by atoms with Crippen LogP contribution in [0.1, 0.15) is 11.1 Å². The Bertz CT molecular complexity index is 411. The monoisotopic (exact) mass is 284 g/mol. The van der Waals surface area contributed by atoms with E-state index >= 15 is 0 Å². The molecular weight excluding hydrogens is 264 g/mol. The van der Waals surface area contributed by atoms with Gasteiger partial charge in [0.2, 0.25) is 0 Å². The smallest absolute Gasteiger partial charge is 0.260 e. The molecule has 0 bridgehead atoms. The first kappa shape index (κ1) is 15.8. The number of rotatable bonds is 3. The molecule has 1 N–H and O–H groups in total. The summed E-state index contributed by atoms with van der Waals surface area (Å²) in [6.45, 7) is 7.41. The molecule has 106 valence electrons. The molecule has 19 heavy (non-hydrogen) atoms. The van der Waals surface area contributed by atoms with Crippen molar-refractivity contribution in [3.05, 3.63) is 29.3 Å². The molecule has 1 fully saturated rings.